The number of aryl methyl sites for hydroxylation is 1. The van der Waals surface area contributed by atoms with Crippen LogP contribution in [-0.4, -0.2) is 16.8 Å². The SMILES string of the molecule is CC(=O)Oc1cc(C)c2c(c1C)C(SC(C)C)C(C)(CCCC(C)CCCC(C)CCCC(C)C)O2. The van der Waals surface area contributed by atoms with Gasteiger partial charge in [-0.3, -0.25) is 4.79 Å². The lowest BCUT2D eigenvalue weighted by molar-refractivity contribution is -0.131. The molecule has 1 aliphatic rings. The number of hydrogen-bond donors (Lipinski definition) is 0. The summed E-state index contributed by atoms with van der Waals surface area (Å²) < 4.78 is 12.3. The first-order chi connectivity index (χ1) is 16.8. The van der Waals surface area contributed by atoms with Crippen molar-refractivity contribution in [3.8, 4) is 11.5 Å². The molecule has 4 unspecified atom stereocenters. The number of esters is 1. The molecule has 0 aromatic heterocycles. The molecule has 206 valence electrons. The number of benzene rings is 1. The summed E-state index contributed by atoms with van der Waals surface area (Å²) in [6, 6.07) is 1.96. The third-order valence-corrected chi connectivity index (χ3v) is 9.33. The zero-order valence-electron chi connectivity index (χ0n) is 25.0. The molecule has 3 nitrogen and oxygen atoms in total. The number of thioether (sulfide) groups is 1. The number of ether oxygens (including phenoxy) is 2. The van der Waals surface area contributed by atoms with Crippen molar-refractivity contribution in [2.24, 2.45) is 17.8 Å². The molecular formula is C32H54O3S. The van der Waals surface area contributed by atoms with E-state index < -0.39 is 0 Å². The summed E-state index contributed by atoms with van der Waals surface area (Å²) in [7, 11) is 0. The maximum Gasteiger partial charge on any atom is 0.308 e. The maximum atomic E-state index is 11.7. The van der Waals surface area contributed by atoms with E-state index in [2.05, 4.69) is 62.3 Å². The molecule has 36 heavy (non-hydrogen) atoms. The Morgan fingerprint density at radius 3 is 2.06 bits per heavy atom. The van der Waals surface area contributed by atoms with Crippen LogP contribution in [-0.2, 0) is 4.79 Å². The second-order valence-corrected chi connectivity index (χ2v) is 14.2. The van der Waals surface area contributed by atoms with Gasteiger partial charge in [-0.1, -0.05) is 86.5 Å². The van der Waals surface area contributed by atoms with Crippen molar-refractivity contribution in [3.63, 3.8) is 0 Å². The first kappa shape index (κ1) is 31.1. The van der Waals surface area contributed by atoms with E-state index in [9.17, 15) is 4.79 Å². The summed E-state index contributed by atoms with van der Waals surface area (Å²) in [5, 5.41) is 0.728. The number of rotatable bonds is 15. The second kappa shape index (κ2) is 14.1. The van der Waals surface area contributed by atoms with E-state index in [1.807, 2.05) is 17.8 Å². The highest BCUT2D eigenvalue weighted by atomic mass is 32.2. The summed E-state index contributed by atoms with van der Waals surface area (Å²) >= 11 is 1.98. The first-order valence-corrected chi connectivity index (χ1v) is 15.4. The Balaban J connectivity index is 1.96. The minimum absolute atomic E-state index is 0.240. The van der Waals surface area contributed by atoms with E-state index in [-0.39, 0.29) is 16.8 Å². The molecule has 0 saturated heterocycles. The Morgan fingerprint density at radius 2 is 1.53 bits per heavy atom. The smallest absolute Gasteiger partial charge is 0.308 e. The molecule has 1 heterocycles. The fraction of sp³-hybridized carbons (Fsp3) is 0.781. The normalized spacial score (nSPS) is 20.9. The summed E-state index contributed by atoms with van der Waals surface area (Å²) in [4.78, 5) is 11.7. The summed E-state index contributed by atoms with van der Waals surface area (Å²) in [6.45, 7) is 21.9. The van der Waals surface area contributed by atoms with Crippen LogP contribution in [0, 0.1) is 31.6 Å². The van der Waals surface area contributed by atoms with Gasteiger partial charge in [-0.25, -0.2) is 0 Å². The lowest BCUT2D eigenvalue weighted by Crippen LogP contribution is -2.34. The van der Waals surface area contributed by atoms with Crippen LogP contribution in [0.4, 0.5) is 0 Å². The first-order valence-electron chi connectivity index (χ1n) is 14.5. The van der Waals surface area contributed by atoms with E-state index in [0.29, 0.717) is 11.0 Å². The zero-order chi connectivity index (χ0) is 27.0. The minimum Gasteiger partial charge on any atom is -0.485 e. The van der Waals surface area contributed by atoms with Crippen LogP contribution in [0.1, 0.15) is 135 Å². The van der Waals surface area contributed by atoms with Crippen LogP contribution in [0.15, 0.2) is 6.07 Å². The van der Waals surface area contributed by atoms with E-state index in [1.54, 1.807) is 0 Å². The third-order valence-electron chi connectivity index (χ3n) is 7.78. The molecule has 0 N–H and O–H groups in total. The summed E-state index contributed by atoms with van der Waals surface area (Å²) in [6.07, 6.45) is 11.7. The van der Waals surface area contributed by atoms with Crippen LogP contribution in [0.3, 0.4) is 0 Å². The van der Waals surface area contributed by atoms with Crippen molar-refractivity contribution >= 4 is 17.7 Å². The quantitative estimate of drug-likeness (QED) is 0.171. The molecule has 2 rings (SSSR count). The van der Waals surface area contributed by atoms with Crippen molar-refractivity contribution < 1.29 is 14.3 Å². The van der Waals surface area contributed by atoms with Gasteiger partial charge in [0.05, 0.1) is 5.25 Å². The molecule has 1 aliphatic heterocycles. The average molecular weight is 519 g/mol. The Hall–Kier alpha value is -1.16. The van der Waals surface area contributed by atoms with E-state index in [1.165, 1.54) is 63.9 Å². The highest BCUT2D eigenvalue weighted by molar-refractivity contribution is 8.00. The molecule has 1 aromatic rings. The van der Waals surface area contributed by atoms with Crippen LogP contribution in [0.25, 0.3) is 0 Å². The van der Waals surface area contributed by atoms with Gasteiger partial charge in [0, 0.05) is 12.5 Å². The predicted molar refractivity (Wildman–Crippen MR) is 156 cm³/mol. The molecular weight excluding hydrogens is 464 g/mol. The van der Waals surface area contributed by atoms with Crippen molar-refractivity contribution in [1.29, 1.82) is 0 Å². The van der Waals surface area contributed by atoms with Gasteiger partial charge in [-0.15, -0.1) is 11.8 Å². The summed E-state index contributed by atoms with van der Waals surface area (Å²) in [5.74, 6) is 3.86. The number of fused-ring (bicyclic) bond motifs is 1. The van der Waals surface area contributed by atoms with Crippen LogP contribution >= 0.6 is 11.8 Å². The van der Waals surface area contributed by atoms with Gasteiger partial charge < -0.3 is 9.47 Å². The van der Waals surface area contributed by atoms with Gasteiger partial charge in [0.25, 0.3) is 0 Å². The van der Waals surface area contributed by atoms with E-state index >= 15 is 0 Å². The Morgan fingerprint density at radius 1 is 0.972 bits per heavy atom. The minimum atomic E-state index is -0.272. The molecule has 0 amide bonds. The molecule has 0 radical (unpaired) electrons. The monoisotopic (exact) mass is 518 g/mol. The van der Waals surface area contributed by atoms with Gasteiger partial charge in [0.1, 0.15) is 17.1 Å². The van der Waals surface area contributed by atoms with Crippen molar-refractivity contribution in [3.05, 3.63) is 22.8 Å². The van der Waals surface area contributed by atoms with Crippen molar-refractivity contribution in [2.45, 2.75) is 143 Å². The third kappa shape index (κ3) is 8.99. The van der Waals surface area contributed by atoms with E-state index in [4.69, 9.17) is 9.47 Å². The lowest BCUT2D eigenvalue weighted by atomic mass is 9.87. The highest BCUT2D eigenvalue weighted by Crippen LogP contribution is 2.57. The zero-order valence-corrected chi connectivity index (χ0v) is 25.8. The standard InChI is InChI=1S/C32H54O3S/c1-21(2)14-11-15-23(5)16-12-17-24(6)18-13-19-32(10)31(36-22(3)4)29-26(8)28(34-27(9)33)20-25(7)30(29)35-32/h20-24,31H,11-19H2,1-10H3. The van der Waals surface area contributed by atoms with Crippen molar-refractivity contribution in [2.75, 3.05) is 0 Å². The molecule has 4 atom stereocenters. The fourth-order valence-corrected chi connectivity index (χ4v) is 7.05. The predicted octanol–water partition coefficient (Wildman–Crippen LogP) is 10.0. The Bertz CT molecular complexity index is 846. The van der Waals surface area contributed by atoms with Crippen LogP contribution in [0.5, 0.6) is 11.5 Å². The van der Waals surface area contributed by atoms with Crippen LogP contribution in [0.2, 0.25) is 0 Å². The van der Waals surface area contributed by atoms with Crippen molar-refractivity contribution in [1.82, 2.24) is 0 Å². The maximum absolute atomic E-state index is 11.7. The van der Waals surface area contributed by atoms with Crippen LogP contribution < -0.4 is 9.47 Å². The molecule has 4 heteroatoms. The molecule has 0 bridgehead atoms. The molecule has 1 aromatic carbocycles. The van der Waals surface area contributed by atoms with Gasteiger partial charge in [-0.05, 0) is 73.8 Å². The summed E-state index contributed by atoms with van der Waals surface area (Å²) in [5.41, 5.74) is 3.09. The number of hydrogen-bond acceptors (Lipinski definition) is 4. The lowest BCUT2D eigenvalue weighted by Gasteiger charge is -2.32. The second-order valence-electron chi connectivity index (χ2n) is 12.5. The Kier molecular flexibility index (Phi) is 12.2. The average Bonchev–Trinajstić information content (AvgIpc) is 3.04. The molecule has 0 saturated carbocycles. The Labute approximate surface area is 226 Å². The molecule has 0 spiro atoms. The molecule has 0 aliphatic carbocycles. The highest BCUT2D eigenvalue weighted by Gasteiger charge is 2.47. The largest absolute Gasteiger partial charge is 0.485 e. The number of carbonyl (C=O) groups is 1. The van der Waals surface area contributed by atoms with Gasteiger partial charge >= 0.3 is 5.97 Å². The van der Waals surface area contributed by atoms with Gasteiger partial charge in [0.15, 0.2) is 0 Å². The van der Waals surface area contributed by atoms with E-state index in [0.717, 1.165) is 41.1 Å². The molecule has 0 fully saturated rings. The fourth-order valence-electron chi connectivity index (χ4n) is 5.64. The van der Waals surface area contributed by atoms with Gasteiger partial charge in [-0.2, -0.15) is 0 Å². The number of carbonyl (C=O) groups excluding carboxylic acids is 1. The topological polar surface area (TPSA) is 35.5 Å². The van der Waals surface area contributed by atoms with Gasteiger partial charge in [0.2, 0.25) is 0 Å².